The maximum absolute atomic E-state index is 12.9. The van der Waals surface area contributed by atoms with Gasteiger partial charge in [0.25, 0.3) is 5.91 Å². The number of thiazole rings is 1. The highest BCUT2D eigenvalue weighted by molar-refractivity contribution is 7.09. The average Bonchev–Trinajstić information content (AvgIpc) is 3.11. The second-order valence-electron chi connectivity index (χ2n) is 7.15. The van der Waals surface area contributed by atoms with Crippen LogP contribution in [0.2, 0.25) is 0 Å². The lowest BCUT2D eigenvalue weighted by Gasteiger charge is -2.47. The van der Waals surface area contributed by atoms with E-state index in [1.165, 1.54) is 0 Å². The van der Waals surface area contributed by atoms with E-state index >= 15 is 0 Å². The van der Waals surface area contributed by atoms with Gasteiger partial charge in [-0.25, -0.2) is 4.98 Å². The smallest absolute Gasteiger partial charge is 0.273 e. The maximum Gasteiger partial charge on any atom is 0.273 e. The van der Waals surface area contributed by atoms with E-state index < -0.39 is 5.60 Å². The summed E-state index contributed by atoms with van der Waals surface area (Å²) in [6, 6.07) is 9.60. The van der Waals surface area contributed by atoms with Crippen molar-refractivity contribution in [3.63, 3.8) is 0 Å². The molecule has 3 rings (SSSR count). The molecule has 0 bridgehead atoms. The molecule has 1 saturated heterocycles. The van der Waals surface area contributed by atoms with E-state index in [1.807, 2.05) is 59.6 Å². The third-order valence-electron chi connectivity index (χ3n) is 5.13. The molecule has 2 heterocycles. The molecule has 1 aliphatic rings. The number of hydrogen-bond donors (Lipinski definition) is 1. The number of amides is 1. The first-order valence-corrected chi connectivity index (χ1v) is 10.0. The molecule has 0 saturated carbocycles. The predicted molar refractivity (Wildman–Crippen MR) is 104 cm³/mol. The lowest BCUT2D eigenvalue weighted by Crippen LogP contribution is -2.60. The molecule has 0 spiro atoms. The van der Waals surface area contributed by atoms with Crippen LogP contribution in [0.4, 0.5) is 0 Å². The van der Waals surface area contributed by atoms with Crippen LogP contribution in [0.25, 0.3) is 0 Å². The van der Waals surface area contributed by atoms with Crippen LogP contribution in [0, 0.1) is 0 Å². The van der Waals surface area contributed by atoms with Crippen molar-refractivity contribution in [3.8, 4) is 0 Å². The Bertz CT molecular complexity index is 747. The summed E-state index contributed by atoms with van der Waals surface area (Å²) >= 11 is 1.55. The molecular formula is C20H27N3O2S. The molecule has 140 valence electrons. The van der Waals surface area contributed by atoms with E-state index in [1.54, 1.807) is 11.3 Å². The standard InChI is InChI=1S/C20H27N3O2S/c1-4-8-18-21-16(14-26-18)19(24)23-12-11-20(25,17(13-23)22(2)3)15-9-6-5-7-10-15/h5-7,9-10,14,17,25H,4,8,11-13H2,1-3H3/t17-,20+/m1/s1. The second-order valence-corrected chi connectivity index (χ2v) is 8.09. The maximum atomic E-state index is 12.9. The zero-order chi connectivity index (χ0) is 18.7. The summed E-state index contributed by atoms with van der Waals surface area (Å²) in [5.74, 6) is -0.0365. The van der Waals surface area contributed by atoms with Gasteiger partial charge in [0.1, 0.15) is 11.3 Å². The van der Waals surface area contributed by atoms with E-state index in [0.29, 0.717) is 25.2 Å². The summed E-state index contributed by atoms with van der Waals surface area (Å²) in [5, 5.41) is 14.3. The Hall–Kier alpha value is -1.76. The Kier molecular flexibility index (Phi) is 5.75. The molecule has 1 amide bonds. The van der Waals surface area contributed by atoms with E-state index in [4.69, 9.17) is 0 Å². The first-order valence-electron chi connectivity index (χ1n) is 9.13. The van der Waals surface area contributed by atoms with Crippen LogP contribution >= 0.6 is 11.3 Å². The number of carbonyl (C=O) groups excluding carboxylic acids is 1. The molecule has 1 fully saturated rings. The molecule has 1 N–H and O–H groups in total. The third kappa shape index (κ3) is 3.68. The molecule has 5 nitrogen and oxygen atoms in total. The van der Waals surface area contributed by atoms with Crippen molar-refractivity contribution in [1.29, 1.82) is 0 Å². The molecule has 2 aromatic rings. The Balaban J connectivity index is 1.80. The summed E-state index contributed by atoms with van der Waals surface area (Å²) in [7, 11) is 3.91. The number of hydrogen-bond acceptors (Lipinski definition) is 5. The average molecular weight is 374 g/mol. The number of aryl methyl sites for hydroxylation is 1. The quantitative estimate of drug-likeness (QED) is 0.876. The van der Waals surface area contributed by atoms with E-state index in [2.05, 4.69) is 11.9 Å². The molecule has 1 aliphatic heterocycles. The molecule has 0 unspecified atom stereocenters. The van der Waals surface area contributed by atoms with Crippen LogP contribution in [0.3, 0.4) is 0 Å². The van der Waals surface area contributed by atoms with Crippen molar-refractivity contribution >= 4 is 17.2 Å². The van der Waals surface area contributed by atoms with Gasteiger partial charge in [-0.3, -0.25) is 4.79 Å². The van der Waals surface area contributed by atoms with Crippen molar-refractivity contribution in [1.82, 2.24) is 14.8 Å². The normalized spacial score (nSPS) is 23.4. The zero-order valence-corrected chi connectivity index (χ0v) is 16.5. The minimum atomic E-state index is -0.961. The topological polar surface area (TPSA) is 56.7 Å². The Morgan fingerprint density at radius 2 is 2.12 bits per heavy atom. The summed E-state index contributed by atoms with van der Waals surface area (Å²) in [6.07, 6.45) is 2.45. The van der Waals surface area contributed by atoms with Crippen molar-refractivity contribution in [2.45, 2.75) is 37.8 Å². The molecule has 1 aromatic heterocycles. The fourth-order valence-corrected chi connectivity index (χ4v) is 4.54. The highest BCUT2D eigenvalue weighted by Crippen LogP contribution is 2.35. The second kappa shape index (κ2) is 7.86. The van der Waals surface area contributed by atoms with Crippen LogP contribution in [-0.2, 0) is 12.0 Å². The third-order valence-corrected chi connectivity index (χ3v) is 6.04. The summed E-state index contributed by atoms with van der Waals surface area (Å²) in [4.78, 5) is 21.2. The van der Waals surface area contributed by atoms with Crippen molar-refractivity contribution in [2.24, 2.45) is 0 Å². The Morgan fingerprint density at radius 3 is 2.77 bits per heavy atom. The largest absolute Gasteiger partial charge is 0.383 e. The van der Waals surface area contributed by atoms with Gasteiger partial charge in [0.05, 0.1) is 11.0 Å². The van der Waals surface area contributed by atoms with Gasteiger partial charge in [0.2, 0.25) is 0 Å². The van der Waals surface area contributed by atoms with Crippen LogP contribution in [0.5, 0.6) is 0 Å². The van der Waals surface area contributed by atoms with E-state index in [-0.39, 0.29) is 11.9 Å². The number of likely N-dealkylation sites (N-methyl/N-ethyl adjacent to an activating group) is 1. The van der Waals surface area contributed by atoms with E-state index in [9.17, 15) is 9.90 Å². The molecule has 0 radical (unpaired) electrons. The lowest BCUT2D eigenvalue weighted by atomic mass is 9.79. The minimum Gasteiger partial charge on any atom is -0.383 e. The van der Waals surface area contributed by atoms with Gasteiger partial charge in [-0.1, -0.05) is 37.3 Å². The van der Waals surface area contributed by atoms with Crippen molar-refractivity contribution in [3.05, 3.63) is 52.0 Å². The van der Waals surface area contributed by atoms with Gasteiger partial charge in [0, 0.05) is 18.5 Å². The van der Waals surface area contributed by atoms with Crippen LogP contribution < -0.4 is 0 Å². The van der Waals surface area contributed by atoms with Gasteiger partial charge in [-0.2, -0.15) is 0 Å². The highest BCUT2D eigenvalue weighted by Gasteiger charge is 2.45. The monoisotopic (exact) mass is 373 g/mol. The van der Waals surface area contributed by atoms with Gasteiger partial charge < -0.3 is 14.9 Å². The Labute approximate surface area is 159 Å². The van der Waals surface area contributed by atoms with Crippen LogP contribution in [0.15, 0.2) is 35.7 Å². The number of piperidine rings is 1. The minimum absolute atomic E-state index is 0.0365. The number of benzene rings is 1. The van der Waals surface area contributed by atoms with Crippen molar-refractivity contribution < 1.29 is 9.90 Å². The van der Waals surface area contributed by atoms with Gasteiger partial charge in [-0.15, -0.1) is 11.3 Å². The summed E-state index contributed by atoms with van der Waals surface area (Å²) in [5.41, 5.74) is 0.475. The number of likely N-dealkylation sites (tertiary alicyclic amines) is 1. The molecular weight excluding hydrogens is 346 g/mol. The molecule has 0 aliphatic carbocycles. The fourth-order valence-electron chi connectivity index (χ4n) is 3.66. The number of aliphatic hydroxyl groups is 1. The van der Waals surface area contributed by atoms with Gasteiger partial charge in [-0.05, 0) is 38.9 Å². The number of rotatable bonds is 5. The number of nitrogens with zero attached hydrogens (tertiary/aromatic N) is 3. The van der Waals surface area contributed by atoms with Crippen LogP contribution in [0.1, 0.15) is 40.8 Å². The summed E-state index contributed by atoms with van der Waals surface area (Å²) in [6.45, 7) is 3.12. The first-order chi connectivity index (χ1) is 12.5. The van der Waals surface area contributed by atoms with E-state index in [0.717, 1.165) is 23.4 Å². The number of aromatic nitrogens is 1. The fraction of sp³-hybridized carbons (Fsp3) is 0.500. The molecule has 26 heavy (non-hydrogen) atoms. The molecule has 6 heteroatoms. The van der Waals surface area contributed by atoms with Crippen LogP contribution in [-0.4, -0.2) is 59.0 Å². The molecule has 2 atom stereocenters. The SMILES string of the molecule is CCCc1nc(C(=O)N2CC[C@](O)(c3ccccc3)[C@H](N(C)C)C2)cs1. The number of carbonyl (C=O) groups is 1. The van der Waals surface area contributed by atoms with Gasteiger partial charge >= 0.3 is 0 Å². The highest BCUT2D eigenvalue weighted by atomic mass is 32.1. The first kappa shape index (κ1) is 19.0. The zero-order valence-electron chi connectivity index (χ0n) is 15.7. The summed E-state index contributed by atoms with van der Waals surface area (Å²) < 4.78 is 0. The lowest BCUT2D eigenvalue weighted by molar-refractivity contribution is -0.0811. The van der Waals surface area contributed by atoms with Gasteiger partial charge in [0.15, 0.2) is 0 Å². The van der Waals surface area contributed by atoms with Crippen molar-refractivity contribution in [2.75, 3.05) is 27.2 Å². The predicted octanol–water partition coefficient (Wildman–Crippen LogP) is 2.76. The molecule has 1 aromatic carbocycles. The Morgan fingerprint density at radius 1 is 1.38 bits per heavy atom.